The zero-order valence-corrected chi connectivity index (χ0v) is 11.3. The standard InChI is InChI=1S/C14H16N2OS/c1-9-5-12(16)8-13(6-9)18(17)14-4-3-11(15)7-10(14)2/h3-8H,15-16H2,1-2H3. The second kappa shape index (κ2) is 4.82. The molecule has 0 bridgehead atoms. The van der Waals surface area contributed by atoms with E-state index in [0.29, 0.717) is 11.4 Å². The average Bonchev–Trinajstić information content (AvgIpc) is 2.26. The Kier molecular flexibility index (Phi) is 3.39. The smallest absolute Gasteiger partial charge is 0.0853 e. The molecule has 0 spiro atoms. The highest BCUT2D eigenvalue weighted by Gasteiger charge is 2.11. The summed E-state index contributed by atoms with van der Waals surface area (Å²) in [5, 5.41) is 0. The minimum Gasteiger partial charge on any atom is -0.399 e. The molecule has 0 fully saturated rings. The first-order chi connectivity index (χ1) is 8.47. The van der Waals surface area contributed by atoms with Gasteiger partial charge in [-0.3, -0.25) is 0 Å². The average molecular weight is 260 g/mol. The molecule has 18 heavy (non-hydrogen) atoms. The van der Waals surface area contributed by atoms with E-state index in [4.69, 9.17) is 11.5 Å². The minimum absolute atomic E-state index is 0.631. The number of hydrogen-bond donors (Lipinski definition) is 2. The predicted octanol–water partition coefficient (Wildman–Crippen LogP) is 2.63. The monoisotopic (exact) mass is 260 g/mol. The first-order valence-electron chi connectivity index (χ1n) is 5.62. The van der Waals surface area contributed by atoms with Crippen LogP contribution in [-0.4, -0.2) is 4.21 Å². The highest BCUT2D eigenvalue weighted by Crippen LogP contribution is 2.24. The number of anilines is 2. The quantitative estimate of drug-likeness (QED) is 0.815. The van der Waals surface area contributed by atoms with E-state index in [1.807, 2.05) is 32.0 Å². The van der Waals surface area contributed by atoms with Gasteiger partial charge >= 0.3 is 0 Å². The van der Waals surface area contributed by atoms with E-state index in [2.05, 4.69) is 0 Å². The second-order valence-corrected chi connectivity index (χ2v) is 5.82. The molecule has 0 saturated carbocycles. The third kappa shape index (κ3) is 2.54. The Morgan fingerprint density at radius 2 is 1.67 bits per heavy atom. The maximum atomic E-state index is 12.5. The van der Waals surface area contributed by atoms with E-state index >= 15 is 0 Å². The summed E-state index contributed by atoms with van der Waals surface area (Å²) < 4.78 is 12.5. The van der Waals surface area contributed by atoms with Gasteiger partial charge in [-0.25, -0.2) is 4.21 Å². The summed E-state index contributed by atoms with van der Waals surface area (Å²) >= 11 is 0. The molecule has 0 aromatic heterocycles. The Hall–Kier alpha value is -1.81. The lowest BCUT2D eigenvalue weighted by atomic mass is 10.2. The molecule has 0 radical (unpaired) electrons. The number of nitrogens with two attached hydrogens (primary N) is 2. The number of hydrogen-bond acceptors (Lipinski definition) is 3. The summed E-state index contributed by atoms with van der Waals surface area (Å²) in [5.74, 6) is 0. The Morgan fingerprint density at radius 1 is 0.944 bits per heavy atom. The molecule has 3 nitrogen and oxygen atoms in total. The van der Waals surface area contributed by atoms with Crippen LogP contribution in [-0.2, 0) is 10.8 Å². The summed E-state index contributed by atoms with van der Waals surface area (Å²) in [5.41, 5.74) is 14.7. The molecule has 4 N–H and O–H groups in total. The molecule has 2 aromatic rings. The van der Waals surface area contributed by atoms with E-state index in [-0.39, 0.29) is 0 Å². The van der Waals surface area contributed by atoms with Gasteiger partial charge in [0.15, 0.2) is 0 Å². The zero-order chi connectivity index (χ0) is 13.3. The van der Waals surface area contributed by atoms with Gasteiger partial charge in [0.2, 0.25) is 0 Å². The van der Waals surface area contributed by atoms with Crippen molar-refractivity contribution in [3.63, 3.8) is 0 Å². The first kappa shape index (κ1) is 12.6. The fourth-order valence-electron chi connectivity index (χ4n) is 1.89. The van der Waals surface area contributed by atoms with Crippen LogP contribution in [0.4, 0.5) is 11.4 Å². The van der Waals surface area contributed by atoms with Gasteiger partial charge in [-0.1, -0.05) is 0 Å². The number of benzene rings is 2. The van der Waals surface area contributed by atoms with Crippen LogP contribution in [0, 0.1) is 13.8 Å². The van der Waals surface area contributed by atoms with Gasteiger partial charge in [0.25, 0.3) is 0 Å². The summed E-state index contributed by atoms with van der Waals surface area (Å²) in [6.45, 7) is 3.84. The molecule has 0 aliphatic heterocycles. The molecule has 2 aromatic carbocycles. The zero-order valence-electron chi connectivity index (χ0n) is 10.4. The number of nitrogen functional groups attached to an aromatic ring is 2. The van der Waals surface area contributed by atoms with Gasteiger partial charge in [0.1, 0.15) is 0 Å². The Morgan fingerprint density at radius 3 is 2.28 bits per heavy atom. The molecule has 0 aliphatic rings. The molecule has 2 rings (SSSR count). The molecule has 0 saturated heterocycles. The lowest BCUT2D eigenvalue weighted by molar-refractivity contribution is 0.682. The maximum Gasteiger partial charge on any atom is 0.0853 e. The minimum atomic E-state index is -1.22. The van der Waals surface area contributed by atoms with Gasteiger partial charge in [-0.15, -0.1) is 0 Å². The Bertz CT molecular complexity index is 603. The van der Waals surface area contributed by atoms with Crippen LogP contribution in [0.2, 0.25) is 0 Å². The van der Waals surface area contributed by atoms with Crippen LogP contribution < -0.4 is 11.5 Å². The van der Waals surface area contributed by atoms with Crippen LogP contribution in [0.3, 0.4) is 0 Å². The second-order valence-electron chi connectivity index (χ2n) is 4.37. The van der Waals surface area contributed by atoms with E-state index in [9.17, 15) is 4.21 Å². The molecule has 1 unspecified atom stereocenters. The molecule has 94 valence electrons. The normalized spacial score (nSPS) is 12.3. The van der Waals surface area contributed by atoms with Crippen LogP contribution in [0.1, 0.15) is 11.1 Å². The third-order valence-electron chi connectivity index (χ3n) is 2.69. The summed E-state index contributed by atoms with van der Waals surface area (Å²) in [6, 6.07) is 10.9. The van der Waals surface area contributed by atoms with Crippen molar-refractivity contribution in [1.29, 1.82) is 0 Å². The van der Waals surface area contributed by atoms with Crippen LogP contribution in [0.25, 0.3) is 0 Å². The summed E-state index contributed by atoms with van der Waals surface area (Å²) in [4.78, 5) is 1.49. The molecular weight excluding hydrogens is 244 g/mol. The van der Waals surface area contributed by atoms with Crippen molar-refractivity contribution >= 4 is 22.2 Å². The fraction of sp³-hybridized carbons (Fsp3) is 0.143. The van der Waals surface area contributed by atoms with Crippen LogP contribution >= 0.6 is 0 Å². The van der Waals surface area contributed by atoms with Gasteiger partial charge in [0.05, 0.1) is 10.8 Å². The summed E-state index contributed by atoms with van der Waals surface area (Å²) in [7, 11) is -1.22. The van der Waals surface area contributed by atoms with Gasteiger partial charge < -0.3 is 11.5 Å². The third-order valence-corrected chi connectivity index (χ3v) is 4.21. The van der Waals surface area contributed by atoms with Gasteiger partial charge in [-0.05, 0) is 61.4 Å². The lowest BCUT2D eigenvalue weighted by Gasteiger charge is -2.08. The Balaban J connectivity index is 2.47. The topological polar surface area (TPSA) is 69.1 Å². The van der Waals surface area contributed by atoms with Crippen molar-refractivity contribution in [2.75, 3.05) is 11.5 Å². The van der Waals surface area contributed by atoms with E-state index in [1.54, 1.807) is 18.2 Å². The molecule has 0 heterocycles. The maximum absolute atomic E-state index is 12.5. The lowest BCUT2D eigenvalue weighted by Crippen LogP contribution is -1.99. The molecular formula is C14H16N2OS. The van der Waals surface area contributed by atoms with Gasteiger partial charge in [-0.2, -0.15) is 0 Å². The molecule has 4 heteroatoms. The van der Waals surface area contributed by atoms with Crippen molar-refractivity contribution in [2.45, 2.75) is 23.6 Å². The van der Waals surface area contributed by atoms with Crippen molar-refractivity contribution in [3.05, 3.63) is 47.5 Å². The van der Waals surface area contributed by atoms with E-state index in [1.165, 1.54) is 0 Å². The van der Waals surface area contributed by atoms with E-state index in [0.717, 1.165) is 20.9 Å². The molecule has 1 atom stereocenters. The van der Waals surface area contributed by atoms with Gasteiger partial charge in [0, 0.05) is 21.2 Å². The largest absolute Gasteiger partial charge is 0.399 e. The van der Waals surface area contributed by atoms with Crippen molar-refractivity contribution in [3.8, 4) is 0 Å². The predicted molar refractivity (Wildman–Crippen MR) is 75.9 cm³/mol. The highest BCUT2D eigenvalue weighted by molar-refractivity contribution is 7.85. The van der Waals surface area contributed by atoms with Crippen molar-refractivity contribution in [1.82, 2.24) is 0 Å². The van der Waals surface area contributed by atoms with Crippen LogP contribution in [0.5, 0.6) is 0 Å². The summed E-state index contributed by atoms with van der Waals surface area (Å²) in [6.07, 6.45) is 0. The Labute approximate surface area is 109 Å². The molecule has 0 amide bonds. The van der Waals surface area contributed by atoms with Crippen molar-refractivity contribution < 1.29 is 4.21 Å². The highest BCUT2D eigenvalue weighted by atomic mass is 32.2. The number of aryl methyl sites for hydroxylation is 2. The SMILES string of the molecule is Cc1cc(N)cc(S(=O)c2ccc(N)cc2C)c1. The first-order valence-corrected chi connectivity index (χ1v) is 6.77. The fourth-order valence-corrected chi connectivity index (χ4v) is 3.22. The number of rotatable bonds is 2. The van der Waals surface area contributed by atoms with E-state index < -0.39 is 10.8 Å². The van der Waals surface area contributed by atoms with Crippen LogP contribution in [0.15, 0.2) is 46.2 Å². The molecule has 0 aliphatic carbocycles. The van der Waals surface area contributed by atoms with Crippen molar-refractivity contribution in [2.24, 2.45) is 0 Å².